The van der Waals surface area contributed by atoms with E-state index >= 15 is 0 Å². The number of nitrogen functional groups attached to an aromatic ring is 1. The fraction of sp³-hybridized carbons (Fsp3) is 0.261. The number of pyridine rings is 1. The molecule has 0 bridgehead atoms. The maximum absolute atomic E-state index is 13.3. The number of benzene rings is 1. The quantitative estimate of drug-likeness (QED) is 0.465. The zero-order chi connectivity index (χ0) is 23.7. The molecule has 1 aromatic carbocycles. The van der Waals surface area contributed by atoms with Gasteiger partial charge in [-0.15, -0.1) is 0 Å². The number of amides is 1. The molecule has 2 aromatic heterocycles. The Bertz CT molecular complexity index is 1300. The molecule has 1 aliphatic heterocycles. The number of fused-ring (bicyclic) bond motifs is 1. The molecule has 1 aliphatic rings. The van der Waals surface area contributed by atoms with Gasteiger partial charge in [0, 0.05) is 24.7 Å². The third-order valence-corrected chi connectivity index (χ3v) is 5.69. The Balaban J connectivity index is 1.78. The van der Waals surface area contributed by atoms with Gasteiger partial charge in [0.05, 0.1) is 42.4 Å². The number of anilines is 1. The topological polar surface area (TPSA) is 95.5 Å². The van der Waals surface area contributed by atoms with E-state index in [1.165, 1.54) is 11.1 Å². The van der Waals surface area contributed by atoms with Crippen molar-refractivity contribution in [2.24, 2.45) is 0 Å². The number of hydrogen-bond acceptors (Lipinski definition) is 6. The van der Waals surface area contributed by atoms with Crippen LogP contribution in [0.1, 0.15) is 23.7 Å². The smallest absolute Gasteiger partial charge is 0.282 e. The Morgan fingerprint density at radius 1 is 1.27 bits per heavy atom. The predicted octanol–water partition coefficient (Wildman–Crippen LogP) is 3.34. The van der Waals surface area contributed by atoms with Gasteiger partial charge in [-0.25, -0.2) is 9.37 Å². The van der Waals surface area contributed by atoms with Gasteiger partial charge in [0.15, 0.2) is 5.83 Å². The van der Waals surface area contributed by atoms with Gasteiger partial charge in [-0.3, -0.25) is 9.48 Å². The van der Waals surface area contributed by atoms with E-state index in [0.29, 0.717) is 51.6 Å². The molecule has 0 aliphatic carbocycles. The minimum absolute atomic E-state index is 0.233. The van der Waals surface area contributed by atoms with Crippen LogP contribution in [-0.4, -0.2) is 52.9 Å². The summed E-state index contributed by atoms with van der Waals surface area (Å²) < 4.78 is 25.6. The Labute approximate surface area is 194 Å². The SMILES string of the molecule is C=C(F)C(=O)N1CC[C@H](n2nc(C#Cc3cc(OC)cc(OC)c3)c3c(N)ncc(Cl)c32)C1. The maximum Gasteiger partial charge on any atom is 0.282 e. The predicted molar refractivity (Wildman–Crippen MR) is 123 cm³/mol. The number of carbonyl (C=O) groups is 1. The van der Waals surface area contributed by atoms with Crippen molar-refractivity contribution in [3.05, 3.63) is 53.1 Å². The van der Waals surface area contributed by atoms with Crippen molar-refractivity contribution in [1.82, 2.24) is 19.7 Å². The Morgan fingerprint density at radius 2 is 1.97 bits per heavy atom. The summed E-state index contributed by atoms with van der Waals surface area (Å²) in [5, 5.41) is 5.52. The number of aromatic nitrogens is 3. The third kappa shape index (κ3) is 4.30. The minimum Gasteiger partial charge on any atom is -0.497 e. The molecule has 33 heavy (non-hydrogen) atoms. The van der Waals surface area contributed by atoms with Gasteiger partial charge in [-0.2, -0.15) is 5.10 Å². The van der Waals surface area contributed by atoms with Crippen LogP contribution >= 0.6 is 11.6 Å². The first-order valence-corrected chi connectivity index (χ1v) is 10.4. The Morgan fingerprint density at radius 3 is 2.61 bits per heavy atom. The van der Waals surface area contributed by atoms with E-state index in [4.69, 9.17) is 26.8 Å². The van der Waals surface area contributed by atoms with E-state index in [1.807, 2.05) is 0 Å². The summed E-state index contributed by atoms with van der Waals surface area (Å²) in [6, 6.07) is 5.06. The largest absolute Gasteiger partial charge is 0.497 e. The summed E-state index contributed by atoms with van der Waals surface area (Å²) in [6.45, 7) is 3.73. The van der Waals surface area contributed by atoms with Crippen molar-refractivity contribution in [3.8, 4) is 23.3 Å². The summed E-state index contributed by atoms with van der Waals surface area (Å²) in [5.41, 5.74) is 7.76. The first-order chi connectivity index (χ1) is 15.8. The molecule has 0 spiro atoms. The van der Waals surface area contributed by atoms with E-state index in [1.54, 1.807) is 37.1 Å². The van der Waals surface area contributed by atoms with Gasteiger partial charge in [0.1, 0.15) is 23.0 Å². The maximum atomic E-state index is 13.3. The molecule has 1 fully saturated rings. The number of likely N-dealkylation sites (tertiary alicyclic amines) is 1. The van der Waals surface area contributed by atoms with Crippen molar-refractivity contribution in [1.29, 1.82) is 0 Å². The highest BCUT2D eigenvalue weighted by Crippen LogP contribution is 2.34. The summed E-state index contributed by atoms with van der Waals surface area (Å²) in [4.78, 5) is 17.5. The van der Waals surface area contributed by atoms with Crippen LogP contribution in [0.25, 0.3) is 10.9 Å². The van der Waals surface area contributed by atoms with Crippen molar-refractivity contribution in [3.63, 3.8) is 0 Å². The van der Waals surface area contributed by atoms with Crippen LogP contribution in [0.2, 0.25) is 5.02 Å². The van der Waals surface area contributed by atoms with Crippen LogP contribution in [0.5, 0.6) is 11.5 Å². The molecule has 0 radical (unpaired) electrons. The molecule has 0 unspecified atom stereocenters. The van der Waals surface area contributed by atoms with Gasteiger partial charge in [0.25, 0.3) is 5.91 Å². The lowest BCUT2D eigenvalue weighted by Crippen LogP contribution is -2.29. The van der Waals surface area contributed by atoms with Gasteiger partial charge in [0.2, 0.25) is 0 Å². The molecule has 170 valence electrons. The zero-order valence-corrected chi connectivity index (χ0v) is 18.8. The number of halogens is 2. The standard InChI is InChI=1S/C23H21ClFN5O3/c1-13(25)23(31)29-7-6-15(12-29)30-21-18(24)11-27-22(26)20(21)19(28-30)5-4-14-8-16(32-2)10-17(9-14)33-3/h8-11,15H,1,6-7,12H2,2-3H3,(H2,26,27)/t15-/m0/s1. The highest BCUT2D eigenvalue weighted by atomic mass is 35.5. The second-order valence-electron chi connectivity index (χ2n) is 7.46. The number of hydrogen-bond donors (Lipinski definition) is 1. The number of rotatable bonds is 4. The fourth-order valence-electron chi connectivity index (χ4n) is 3.82. The molecule has 2 N–H and O–H groups in total. The molecular weight excluding hydrogens is 449 g/mol. The first kappa shape index (κ1) is 22.4. The Hall–Kier alpha value is -3.77. The average molecular weight is 470 g/mol. The number of nitrogens with two attached hydrogens (primary N) is 1. The van der Waals surface area contributed by atoms with E-state index in [-0.39, 0.29) is 18.4 Å². The molecule has 1 amide bonds. The van der Waals surface area contributed by atoms with E-state index in [2.05, 4.69) is 28.5 Å². The van der Waals surface area contributed by atoms with Crippen molar-refractivity contribution < 1.29 is 18.7 Å². The molecule has 4 rings (SSSR count). The van der Waals surface area contributed by atoms with E-state index < -0.39 is 11.7 Å². The van der Waals surface area contributed by atoms with Gasteiger partial charge in [-0.1, -0.05) is 24.1 Å². The lowest BCUT2D eigenvalue weighted by Gasteiger charge is -2.16. The first-order valence-electron chi connectivity index (χ1n) is 10.0. The van der Waals surface area contributed by atoms with Gasteiger partial charge in [-0.05, 0) is 24.5 Å². The van der Waals surface area contributed by atoms with Crippen LogP contribution in [-0.2, 0) is 4.79 Å². The van der Waals surface area contributed by atoms with E-state index in [0.717, 1.165) is 0 Å². The monoisotopic (exact) mass is 469 g/mol. The average Bonchev–Trinajstić information content (AvgIpc) is 3.45. The van der Waals surface area contributed by atoms with Crippen molar-refractivity contribution in [2.45, 2.75) is 12.5 Å². The third-order valence-electron chi connectivity index (χ3n) is 5.41. The molecule has 8 nitrogen and oxygen atoms in total. The number of nitrogens with zero attached hydrogens (tertiary/aromatic N) is 4. The minimum atomic E-state index is -0.993. The number of methoxy groups -OCH3 is 2. The summed E-state index contributed by atoms with van der Waals surface area (Å²) in [5.74, 6) is 5.81. The molecule has 3 aromatic rings. The molecule has 1 saturated heterocycles. The lowest BCUT2D eigenvalue weighted by atomic mass is 10.1. The van der Waals surface area contributed by atoms with Crippen LogP contribution in [0.4, 0.5) is 10.2 Å². The normalized spacial score (nSPS) is 15.3. The van der Waals surface area contributed by atoms with E-state index in [9.17, 15) is 9.18 Å². The molecule has 10 heteroatoms. The fourth-order valence-corrected chi connectivity index (χ4v) is 4.05. The van der Waals surface area contributed by atoms with Gasteiger partial charge >= 0.3 is 0 Å². The van der Waals surface area contributed by atoms with Crippen LogP contribution in [0.15, 0.2) is 36.8 Å². The van der Waals surface area contributed by atoms with Crippen LogP contribution in [0.3, 0.4) is 0 Å². The molecular formula is C23H21ClFN5O3. The highest BCUT2D eigenvalue weighted by Gasteiger charge is 2.31. The summed E-state index contributed by atoms with van der Waals surface area (Å²) in [6.07, 6.45) is 2.01. The zero-order valence-electron chi connectivity index (χ0n) is 18.1. The van der Waals surface area contributed by atoms with Gasteiger partial charge < -0.3 is 20.1 Å². The molecule has 0 saturated carbocycles. The summed E-state index contributed by atoms with van der Waals surface area (Å²) in [7, 11) is 3.12. The van der Waals surface area contributed by atoms with Crippen LogP contribution < -0.4 is 15.2 Å². The molecule has 1 atom stereocenters. The number of carbonyl (C=O) groups excluding carboxylic acids is 1. The number of ether oxygens (including phenoxy) is 2. The summed E-state index contributed by atoms with van der Waals surface area (Å²) >= 11 is 6.46. The van der Waals surface area contributed by atoms with Crippen molar-refractivity contribution in [2.75, 3.05) is 33.0 Å². The Kier molecular flexibility index (Phi) is 6.11. The van der Waals surface area contributed by atoms with Crippen LogP contribution in [0, 0.1) is 11.8 Å². The highest BCUT2D eigenvalue weighted by molar-refractivity contribution is 6.35. The second-order valence-corrected chi connectivity index (χ2v) is 7.87. The second kappa shape index (κ2) is 9.00. The lowest BCUT2D eigenvalue weighted by molar-refractivity contribution is -0.127. The molecule has 3 heterocycles. The van der Waals surface area contributed by atoms with Crippen molar-refractivity contribution >= 4 is 34.2 Å².